The molecule has 0 aliphatic heterocycles. The van der Waals surface area contributed by atoms with E-state index in [1.807, 2.05) is 30.3 Å². The Bertz CT molecular complexity index is 490. The van der Waals surface area contributed by atoms with Crippen LogP contribution in [0.5, 0.6) is 0 Å². The maximum Gasteiger partial charge on any atom is 0.310 e. The summed E-state index contributed by atoms with van der Waals surface area (Å²) >= 11 is 0. The molecule has 2 aromatic rings. The van der Waals surface area contributed by atoms with Crippen LogP contribution in [-0.4, -0.2) is 5.91 Å². The van der Waals surface area contributed by atoms with Gasteiger partial charge in [-0.05, 0) is 24.6 Å². The Kier molecular flexibility index (Phi) is 3.57. The van der Waals surface area contributed by atoms with E-state index >= 15 is 0 Å². The smallest absolute Gasteiger partial charge is 0.310 e. The largest absolute Gasteiger partial charge is 0.456 e. The molecule has 0 saturated carbocycles. The lowest BCUT2D eigenvalue weighted by atomic mass is 10.2. The number of furan rings is 1. The summed E-state index contributed by atoms with van der Waals surface area (Å²) in [5.74, 6) is 0.558. The second-order valence-electron chi connectivity index (χ2n) is 3.62. The molecule has 0 unspecified atom stereocenters. The fourth-order valence-electron chi connectivity index (χ4n) is 1.37. The van der Waals surface area contributed by atoms with Gasteiger partial charge in [-0.3, -0.25) is 9.63 Å². The van der Waals surface area contributed by atoms with Gasteiger partial charge in [0.1, 0.15) is 5.76 Å². The van der Waals surface area contributed by atoms with Crippen molar-refractivity contribution in [1.82, 2.24) is 5.48 Å². The van der Waals surface area contributed by atoms with Gasteiger partial charge in [0.05, 0.1) is 6.61 Å². The highest BCUT2D eigenvalue weighted by Crippen LogP contribution is 2.06. The van der Waals surface area contributed by atoms with Gasteiger partial charge in [-0.1, -0.05) is 30.3 Å². The van der Waals surface area contributed by atoms with E-state index in [0.29, 0.717) is 12.4 Å². The monoisotopic (exact) mass is 231 g/mol. The Morgan fingerprint density at radius 1 is 1.24 bits per heavy atom. The number of rotatable bonds is 4. The SMILES string of the molecule is Cc1ccc(C(=O)NOCc2ccccc2)o1. The van der Waals surface area contributed by atoms with Crippen molar-refractivity contribution in [3.05, 3.63) is 59.5 Å². The van der Waals surface area contributed by atoms with E-state index in [-0.39, 0.29) is 11.7 Å². The molecule has 0 aliphatic rings. The second-order valence-corrected chi connectivity index (χ2v) is 3.62. The zero-order valence-corrected chi connectivity index (χ0v) is 9.47. The van der Waals surface area contributed by atoms with E-state index in [2.05, 4.69) is 5.48 Å². The molecule has 1 aromatic heterocycles. The summed E-state index contributed by atoms with van der Waals surface area (Å²) in [4.78, 5) is 16.6. The Hall–Kier alpha value is -2.07. The fourth-order valence-corrected chi connectivity index (χ4v) is 1.37. The number of hydroxylamine groups is 1. The van der Waals surface area contributed by atoms with Crippen molar-refractivity contribution >= 4 is 5.91 Å². The van der Waals surface area contributed by atoms with Gasteiger partial charge < -0.3 is 4.42 Å². The number of amides is 1. The first-order valence-electron chi connectivity index (χ1n) is 5.28. The van der Waals surface area contributed by atoms with Crippen molar-refractivity contribution in [2.45, 2.75) is 13.5 Å². The summed E-state index contributed by atoms with van der Waals surface area (Å²) < 4.78 is 5.16. The Balaban J connectivity index is 1.81. The first-order chi connectivity index (χ1) is 8.25. The predicted molar refractivity (Wildman–Crippen MR) is 62.1 cm³/mol. The van der Waals surface area contributed by atoms with Crippen molar-refractivity contribution < 1.29 is 14.0 Å². The molecule has 0 fully saturated rings. The van der Waals surface area contributed by atoms with Crippen LogP contribution in [0.3, 0.4) is 0 Å². The zero-order valence-electron chi connectivity index (χ0n) is 9.47. The average Bonchev–Trinajstić information content (AvgIpc) is 2.77. The molecule has 1 heterocycles. The van der Waals surface area contributed by atoms with Gasteiger partial charge in [0, 0.05) is 0 Å². The van der Waals surface area contributed by atoms with Gasteiger partial charge in [0.2, 0.25) is 0 Å². The van der Waals surface area contributed by atoms with Crippen LogP contribution in [0.4, 0.5) is 0 Å². The molecule has 88 valence electrons. The van der Waals surface area contributed by atoms with Crippen LogP contribution >= 0.6 is 0 Å². The van der Waals surface area contributed by atoms with Crippen LogP contribution in [-0.2, 0) is 11.4 Å². The number of aryl methyl sites for hydroxylation is 1. The van der Waals surface area contributed by atoms with Crippen molar-refractivity contribution in [3.8, 4) is 0 Å². The van der Waals surface area contributed by atoms with Crippen LogP contribution in [0.2, 0.25) is 0 Å². The molecule has 4 nitrogen and oxygen atoms in total. The van der Waals surface area contributed by atoms with E-state index in [1.165, 1.54) is 0 Å². The number of nitrogens with one attached hydrogen (secondary N) is 1. The minimum Gasteiger partial charge on any atom is -0.456 e. The predicted octanol–water partition coefficient (Wildman–Crippen LogP) is 2.45. The molecule has 0 atom stereocenters. The number of benzene rings is 1. The van der Waals surface area contributed by atoms with Gasteiger partial charge in [0.15, 0.2) is 5.76 Å². The summed E-state index contributed by atoms with van der Waals surface area (Å²) in [5, 5.41) is 0. The highest BCUT2D eigenvalue weighted by atomic mass is 16.7. The Morgan fingerprint density at radius 3 is 2.65 bits per heavy atom. The van der Waals surface area contributed by atoms with Gasteiger partial charge in [-0.15, -0.1) is 0 Å². The molecular formula is C13H13NO3. The molecule has 1 amide bonds. The average molecular weight is 231 g/mol. The number of carbonyl (C=O) groups excluding carboxylic acids is 1. The molecule has 1 aromatic carbocycles. The van der Waals surface area contributed by atoms with E-state index in [0.717, 1.165) is 5.56 Å². The highest BCUT2D eigenvalue weighted by molar-refractivity contribution is 5.90. The third kappa shape index (κ3) is 3.19. The number of hydrogen-bond acceptors (Lipinski definition) is 3. The highest BCUT2D eigenvalue weighted by Gasteiger charge is 2.09. The second kappa shape index (κ2) is 5.32. The maximum atomic E-state index is 11.5. The van der Waals surface area contributed by atoms with Crippen LogP contribution < -0.4 is 5.48 Å². The van der Waals surface area contributed by atoms with Gasteiger partial charge in [-0.25, -0.2) is 5.48 Å². The molecular weight excluding hydrogens is 218 g/mol. The molecule has 4 heteroatoms. The zero-order chi connectivity index (χ0) is 12.1. The van der Waals surface area contributed by atoms with Gasteiger partial charge in [-0.2, -0.15) is 0 Å². The molecule has 0 spiro atoms. The minimum absolute atomic E-state index is 0.246. The molecule has 0 aliphatic carbocycles. The van der Waals surface area contributed by atoms with E-state index in [4.69, 9.17) is 9.25 Å². The van der Waals surface area contributed by atoms with E-state index in [9.17, 15) is 4.79 Å². The third-order valence-corrected chi connectivity index (χ3v) is 2.21. The van der Waals surface area contributed by atoms with Crippen molar-refractivity contribution in [1.29, 1.82) is 0 Å². The standard InChI is InChI=1S/C13H13NO3/c1-10-7-8-12(17-10)13(15)14-16-9-11-5-3-2-4-6-11/h2-8H,9H2,1H3,(H,14,15). The summed E-state index contributed by atoms with van der Waals surface area (Å²) in [6.07, 6.45) is 0. The van der Waals surface area contributed by atoms with E-state index in [1.54, 1.807) is 19.1 Å². The van der Waals surface area contributed by atoms with Crippen LogP contribution in [0.25, 0.3) is 0 Å². The summed E-state index contributed by atoms with van der Waals surface area (Å²) in [5.41, 5.74) is 3.32. The minimum atomic E-state index is -0.381. The van der Waals surface area contributed by atoms with Crippen molar-refractivity contribution in [3.63, 3.8) is 0 Å². The lowest BCUT2D eigenvalue weighted by Gasteiger charge is -2.03. The van der Waals surface area contributed by atoms with Crippen LogP contribution in [0.15, 0.2) is 46.9 Å². The molecule has 1 N–H and O–H groups in total. The third-order valence-electron chi connectivity index (χ3n) is 2.21. The van der Waals surface area contributed by atoms with E-state index < -0.39 is 0 Å². The topological polar surface area (TPSA) is 51.5 Å². The van der Waals surface area contributed by atoms with Gasteiger partial charge in [0.25, 0.3) is 0 Å². The molecule has 0 bridgehead atoms. The first kappa shape index (κ1) is 11.4. The molecule has 17 heavy (non-hydrogen) atoms. The van der Waals surface area contributed by atoms with Crippen LogP contribution in [0.1, 0.15) is 21.9 Å². The van der Waals surface area contributed by atoms with Crippen LogP contribution in [0, 0.1) is 6.92 Å². The van der Waals surface area contributed by atoms with Crippen molar-refractivity contribution in [2.75, 3.05) is 0 Å². The quantitative estimate of drug-likeness (QED) is 0.822. The Morgan fingerprint density at radius 2 is 2.00 bits per heavy atom. The summed E-state index contributed by atoms with van der Waals surface area (Å²) in [7, 11) is 0. The number of hydrogen-bond donors (Lipinski definition) is 1. The fraction of sp³-hybridized carbons (Fsp3) is 0.154. The lowest BCUT2D eigenvalue weighted by Crippen LogP contribution is -2.23. The molecule has 2 rings (SSSR count). The molecule has 0 saturated heterocycles. The number of carbonyl (C=O) groups is 1. The maximum absolute atomic E-state index is 11.5. The molecule has 0 radical (unpaired) electrons. The van der Waals surface area contributed by atoms with Crippen molar-refractivity contribution in [2.24, 2.45) is 0 Å². The van der Waals surface area contributed by atoms with Gasteiger partial charge >= 0.3 is 5.91 Å². The summed E-state index contributed by atoms with van der Waals surface area (Å²) in [6, 6.07) is 12.9. The normalized spacial score (nSPS) is 10.2. The summed E-state index contributed by atoms with van der Waals surface area (Å²) in [6.45, 7) is 2.11. The Labute approximate surface area is 99.2 Å². The lowest BCUT2D eigenvalue weighted by molar-refractivity contribution is 0.0211. The first-order valence-corrected chi connectivity index (χ1v) is 5.28.